The standard InChI is InChI=1S/C10H12BrFN2O/c1-7(15)13-4-5-14-8-2-3-9(11)10(12)6-8/h2-3,6,14H,4-5H2,1H3,(H,13,15). The number of halogens is 2. The average Bonchev–Trinajstić information content (AvgIpc) is 2.18. The fourth-order valence-electron chi connectivity index (χ4n) is 1.05. The van der Waals surface area contributed by atoms with Gasteiger partial charge in [0.15, 0.2) is 0 Å². The molecule has 0 spiro atoms. The van der Waals surface area contributed by atoms with E-state index in [1.807, 2.05) is 0 Å². The van der Waals surface area contributed by atoms with Gasteiger partial charge in [-0.1, -0.05) is 0 Å². The van der Waals surface area contributed by atoms with Gasteiger partial charge in [0.25, 0.3) is 0 Å². The average molecular weight is 275 g/mol. The van der Waals surface area contributed by atoms with Gasteiger partial charge in [0.05, 0.1) is 4.47 Å². The van der Waals surface area contributed by atoms with Gasteiger partial charge in [-0.05, 0) is 34.1 Å². The molecule has 1 aromatic rings. The lowest BCUT2D eigenvalue weighted by atomic mass is 10.3. The lowest BCUT2D eigenvalue weighted by molar-refractivity contribution is -0.118. The van der Waals surface area contributed by atoms with Gasteiger partial charge in [-0.15, -0.1) is 0 Å². The molecule has 0 atom stereocenters. The molecule has 5 heteroatoms. The van der Waals surface area contributed by atoms with Crippen LogP contribution in [-0.4, -0.2) is 19.0 Å². The van der Waals surface area contributed by atoms with Gasteiger partial charge in [0.2, 0.25) is 5.91 Å². The minimum Gasteiger partial charge on any atom is -0.383 e. The molecule has 0 unspecified atom stereocenters. The van der Waals surface area contributed by atoms with Crippen LogP contribution in [0, 0.1) is 5.82 Å². The number of benzene rings is 1. The molecular weight excluding hydrogens is 263 g/mol. The summed E-state index contributed by atoms with van der Waals surface area (Å²) in [5.41, 5.74) is 0.695. The summed E-state index contributed by atoms with van der Waals surface area (Å²) in [7, 11) is 0. The van der Waals surface area contributed by atoms with Crippen LogP contribution in [0.15, 0.2) is 22.7 Å². The second-order valence-electron chi connectivity index (χ2n) is 3.04. The van der Waals surface area contributed by atoms with Crippen molar-refractivity contribution in [2.24, 2.45) is 0 Å². The van der Waals surface area contributed by atoms with Crippen molar-refractivity contribution in [1.29, 1.82) is 0 Å². The van der Waals surface area contributed by atoms with E-state index in [-0.39, 0.29) is 11.7 Å². The Kier molecular flexibility index (Phi) is 4.55. The molecular formula is C10H12BrFN2O. The third-order valence-electron chi connectivity index (χ3n) is 1.75. The minimum atomic E-state index is -0.306. The summed E-state index contributed by atoms with van der Waals surface area (Å²) in [5.74, 6) is -0.377. The molecule has 15 heavy (non-hydrogen) atoms. The fourth-order valence-corrected chi connectivity index (χ4v) is 1.30. The highest BCUT2D eigenvalue weighted by atomic mass is 79.9. The van der Waals surface area contributed by atoms with Crippen LogP contribution >= 0.6 is 15.9 Å². The summed E-state index contributed by atoms with van der Waals surface area (Å²) < 4.78 is 13.5. The molecule has 3 nitrogen and oxygen atoms in total. The number of carbonyl (C=O) groups excluding carboxylic acids is 1. The Morgan fingerprint density at radius 2 is 2.20 bits per heavy atom. The molecule has 0 aliphatic heterocycles. The zero-order valence-electron chi connectivity index (χ0n) is 8.31. The van der Waals surface area contributed by atoms with E-state index in [1.165, 1.54) is 13.0 Å². The van der Waals surface area contributed by atoms with Crippen molar-refractivity contribution < 1.29 is 9.18 Å². The highest BCUT2D eigenvalue weighted by molar-refractivity contribution is 9.10. The van der Waals surface area contributed by atoms with Crippen molar-refractivity contribution in [1.82, 2.24) is 5.32 Å². The number of hydrogen-bond donors (Lipinski definition) is 2. The van der Waals surface area contributed by atoms with E-state index in [0.29, 0.717) is 23.2 Å². The van der Waals surface area contributed by atoms with Gasteiger partial charge in [0, 0.05) is 25.7 Å². The largest absolute Gasteiger partial charge is 0.383 e. The lowest BCUT2D eigenvalue weighted by Gasteiger charge is -2.07. The summed E-state index contributed by atoms with van der Waals surface area (Å²) in [5, 5.41) is 5.63. The fraction of sp³-hybridized carbons (Fsp3) is 0.300. The first-order valence-electron chi connectivity index (χ1n) is 4.53. The lowest BCUT2D eigenvalue weighted by Crippen LogP contribution is -2.26. The van der Waals surface area contributed by atoms with Crippen molar-refractivity contribution in [2.75, 3.05) is 18.4 Å². The van der Waals surface area contributed by atoms with E-state index < -0.39 is 0 Å². The highest BCUT2D eigenvalue weighted by Gasteiger charge is 1.99. The number of rotatable bonds is 4. The van der Waals surface area contributed by atoms with Crippen LogP contribution in [0.1, 0.15) is 6.92 Å². The molecule has 0 aromatic heterocycles. The van der Waals surface area contributed by atoms with Crippen molar-refractivity contribution >= 4 is 27.5 Å². The predicted octanol–water partition coefficient (Wildman–Crippen LogP) is 2.14. The van der Waals surface area contributed by atoms with E-state index in [9.17, 15) is 9.18 Å². The van der Waals surface area contributed by atoms with Crippen molar-refractivity contribution in [3.63, 3.8) is 0 Å². The maximum Gasteiger partial charge on any atom is 0.216 e. The molecule has 0 saturated carbocycles. The van der Waals surface area contributed by atoms with Crippen LogP contribution in [0.25, 0.3) is 0 Å². The van der Waals surface area contributed by atoms with Gasteiger partial charge >= 0.3 is 0 Å². The smallest absolute Gasteiger partial charge is 0.216 e. The molecule has 1 rings (SSSR count). The molecule has 0 aliphatic rings. The van der Waals surface area contributed by atoms with Gasteiger partial charge in [-0.3, -0.25) is 4.79 Å². The molecule has 2 N–H and O–H groups in total. The summed E-state index contributed by atoms with van der Waals surface area (Å²) >= 11 is 3.07. The Bertz CT molecular complexity index is 357. The Hall–Kier alpha value is -1.10. The third kappa shape index (κ3) is 4.29. The SMILES string of the molecule is CC(=O)NCCNc1ccc(Br)c(F)c1. The summed E-state index contributed by atoms with van der Waals surface area (Å²) in [6.45, 7) is 2.55. The number of amides is 1. The van der Waals surface area contributed by atoms with E-state index >= 15 is 0 Å². The first-order chi connectivity index (χ1) is 7.09. The number of hydrogen-bond acceptors (Lipinski definition) is 2. The van der Waals surface area contributed by atoms with Crippen LogP contribution in [0.2, 0.25) is 0 Å². The second-order valence-corrected chi connectivity index (χ2v) is 3.89. The van der Waals surface area contributed by atoms with Crippen LogP contribution in [0.3, 0.4) is 0 Å². The Morgan fingerprint density at radius 3 is 2.80 bits per heavy atom. The van der Waals surface area contributed by atoms with Gasteiger partial charge in [-0.25, -0.2) is 4.39 Å². The maximum atomic E-state index is 13.1. The molecule has 0 bridgehead atoms. The molecule has 82 valence electrons. The van der Waals surface area contributed by atoms with Crippen LogP contribution < -0.4 is 10.6 Å². The van der Waals surface area contributed by atoms with Gasteiger partial charge in [0.1, 0.15) is 5.82 Å². The first kappa shape index (κ1) is 12.0. The van der Waals surface area contributed by atoms with Crippen LogP contribution in [0.5, 0.6) is 0 Å². The zero-order valence-corrected chi connectivity index (χ0v) is 9.90. The normalized spacial score (nSPS) is 9.80. The number of nitrogens with one attached hydrogen (secondary N) is 2. The molecule has 0 heterocycles. The van der Waals surface area contributed by atoms with Crippen LogP contribution in [-0.2, 0) is 4.79 Å². The second kappa shape index (κ2) is 5.70. The van der Waals surface area contributed by atoms with Gasteiger partial charge in [-0.2, -0.15) is 0 Å². The van der Waals surface area contributed by atoms with E-state index in [4.69, 9.17) is 0 Å². The monoisotopic (exact) mass is 274 g/mol. The molecule has 0 saturated heterocycles. The first-order valence-corrected chi connectivity index (χ1v) is 5.32. The topological polar surface area (TPSA) is 41.1 Å². The summed E-state index contributed by atoms with van der Waals surface area (Å²) in [6, 6.07) is 4.80. The van der Waals surface area contributed by atoms with E-state index in [2.05, 4.69) is 26.6 Å². The highest BCUT2D eigenvalue weighted by Crippen LogP contribution is 2.18. The molecule has 0 radical (unpaired) electrons. The summed E-state index contributed by atoms with van der Waals surface area (Å²) in [6.07, 6.45) is 0. The van der Waals surface area contributed by atoms with Crippen molar-refractivity contribution in [3.8, 4) is 0 Å². The molecule has 0 aliphatic carbocycles. The van der Waals surface area contributed by atoms with Crippen LogP contribution in [0.4, 0.5) is 10.1 Å². The molecule has 0 fully saturated rings. The Balaban J connectivity index is 2.38. The Labute approximate surface area is 96.2 Å². The molecule has 1 aromatic carbocycles. The van der Waals surface area contributed by atoms with Crippen molar-refractivity contribution in [2.45, 2.75) is 6.92 Å². The number of carbonyl (C=O) groups is 1. The maximum absolute atomic E-state index is 13.1. The quantitative estimate of drug-likeness (QED) is 0.826. The number of anilines is 1. The zero-order chi connectivity index (χ0) is 11.3. The van der Waals surface area contributed by atoms with E-state index in [1.54, 1.807) is 12.1 Å². The van der Waals surface area contributed by atoms with Gasteiger partial charge < -0.3 is 10.6 Å². The minimum absolute atomic E-state index is 0.0706. The van der Waals surface area contributed by atoms with E-state index in [0.717, 1.165) is 0 Å². The third-order valence-corrected chi connectivity index (χ3v) is 2.39. The molecule has 1 amide bonds. The Morgan fingerprint density at radius 1 is 1.47 bits per heavy atom. The predicted molar refractivity (Wildman–Crippen MR) is 61.3 cm³/mol. The van der Waals surface area contributed by atoms with Crippen molar-refractivity contribution in [3.05, 3.63) is 28.5 Å². The summed E-state index contributed by atoms with van der Waals surface area (Å²) in [4.78, 5) is 10.5.